The summed E-state index contributed by atoms with van der Waals surface area (Å²) in [6.07, 6.45) is -20.0. The van der Waals surface area contributed by atoms with Gasteiger partial charge >= 0.3 is 60.7 Å². The average Bonchev–Trinajstić information content (AvgIpc) is 3.63. The van der Waals surface area contributed by atoms with Crippen molar-refractivity contribution in [2.24, 2.45) is 5.73 Å². The summed E-state index contributed by atoms with van der Waals surface area (Å²) in [5, 5.41) is 61.6. The van der Waals surface area contributed by atoms with E-state index in [0.29, 0.717) is 29.5 Å². The second kappa shape index (κ2) is 36.0. The number of rotatable bonds is 21. The van der Waals surface area contributed by atoms with Gasteiger partial charge in [-0.05, 0) is 104 Å². The van der Waals surface area contributed by atoms with Crippen molar-refractivity contribution >= 4 is 74.9 Å². The Kier molecular flexibility index (Phi) is 35.0. The van der Waals surface area contributed by atoms with Gasteiger partial charge in [0, 0.05) is 25.0 Å². The Morgan fingerprint density at radius 1 is 0.615 bits per heavy atom. The van der Waals surface area contributed by atoms with E-state index in [1.807, 2.05) is 38.1 Å². The first-order valence-electron chi connectivity index (χ1n) is 22.1. The lowest BCUT2D eigenvalue weighted by Crippen LogP contribution is -2.38. The van der Waals surface area contributed by atoms with Crippen molar-refractivity contribution in [3.05, 3.63) is 30.1 Å². The molecule has 0 bridgehead atoms. The monoisotopic (exact) mass is 1180 g/mol. The summed E-state index contributed by atoms with van der Waals surface area (Å²) >= 11 is 5.47. The highest BCUT2D eigenvalue weighted by molar-refractivity contribution is 7.80. The van der Waals surface area contributed by atoms with Crippen molar-refractivity contribution in [3.63, 3.8) is 0 Å². The third-order valence-electron chi connectivity index (χ3n) is 8.53. The lowest BCUT2D eigenvalue weighted by atomic mass is 10.1. The molecule has 0 atom stereocenters. The van der Waals surface area contributed by atoms with Crippen LogP contribution in [0.15, 0.2) is 24.3 Å². The number of imidazole rings is 1. The van der Waals surface area contributed by atoms with Crippen molar-refractivity contribution in [3.8, 4) is 0 Å². The second-order valence-corrected chi connectivity index (χ2v) is 16.2. The number of aliphatic hydroxyl groups is 1. The van der Waals surface area contributed by atoms with E-state index in [9.17, 15) is 71.0 Å². The second-order valence-electron chi connectivity index (χ2n) is 15.8. The number of benzene rings is 1. The Morgan fingerprint density at radius 3 is 1.36 bits per heavy atom. The number of carboxylic acid groups (broad SMARTS) is 5. The van der Waals surface area contributed by atoms with Gasteiger partial charge in [-0.2, -0.15) is 65.9 Å². The number of nitrogens with one attached hydrogen (secondary N) is 4. The number of nitrogens with zero attached hydrogens (tertiary/aromatic N) is 4. The molecule has 1 aromatic carbocycles. The van der Waals surface area contributed by atoms with Crippen LogP contribution in [0.3, 0.4) is 0 Å². The zero-order valence-electron chi connectivity index (χ0n) is 41.4. The lowest BCUT2D eigenvalue weighted by molar-refractivity contribution is -0.193. The molecule has 0 aliphatic heterocycles. The van der Waals surface area contributed by atoms with Crippen LogP contribution in [0.4, 0.5) is 71.7 Å². The topological polar surface area (TPSA) is 341 Å². The Labute approximate surface area is 438 Å². The number of anilines is 1. The van der Waals surface area contributed by atoms with Gasteiger partial charge in [-0.15, -0.1) is 0 Å². The number of alkyl halides is 15. The number of aliphatic carboxylic acids is 5. The summed E-state index contributed by atoms with van der Waals surface area (Å²) in [6.45, 7) is 15.1. The molecule has 14 N–H and O–H groups in total. The smallest absolute Gasteiger partial charge is 0.475 e. The van der Waals surface area contributed by atoms with Crippen LogP contribution in [0.2, 0.25) is 0 Å². The number of nitrogen functional groups attached to an aromatic ring is 1. The van der Waals surface area contributed by atoms with Crippen molar-refractivity contribution in [1.29, 1.82) is 0 Å². The number of carbonyl (C=O) groups is 5. The van der Waals surface area contributed by atoms with Crippen LogP contribution in [-0.4, -0.2) is 180 Å². The first-order valence-corrected chi connectivity index (χ1v) is 22.5. The summed E-state index contributed by atoms with van der Waals surface area (Å²) < 4.78 is 161. The lowest BCUT2D eigenvalue weighted by Gasteiger charge is -2.24. The summed E-state index contributed by atoms with van der Waals surface area (Å²) in [5.74, 6) is -12.5. The SMILES string of the molecule is CCN(CCCNC(=S)NCCCNCCCCNCCCN)Cc1nc2c(N)nc3ccccc3c2n1CC(C)(C)O.O=C(O)C(F)(F)F.O=C(O)C(F)(F)F.O=C(O)C(F)(F)F.O=C(O)C(F)(F)F.O=C(O)C(F)(F)F. The van der Waals surface area contributed by atoms with Crippen LogP contribution < -0.4 is 32.7 Å². The van der Waals surface area contributed by atoms with Crippen LogP contribution in [0.25, 0.3) is 21.9 Å². The van der Waals surface area contributed by atoms with E-state index in [1.165, 1.54) is 12.8 Å². The molecule has 78 heavy (non-hydrogen) atoms. The van der Waals surface area contributed by atoms with E-state index in [2.05, 4.69) is 42.6 Å². The number of thiocarbonyl (C=S) groups is 1. The predicted octanol–water partition coefficient (Wildman–Crippen LogP) is 5.48. The van der Waals surface area contributed by atoms with Gasteiger partial charge < -0.3 is 67.9 Å². The van der Waals surface area contributed by atoms with Gasteiger partial charge in [-0.1, -0.05) is 25.1 Å². The molecule has 0 saturated heterocycles. The van der Waals surface area contributed by atoms with Crippen LogP contribution >= 0.6 is 12.2 Å². The van der Waals surface area contributed by atoms with E-state index in [0.717, 1.165) is 100 Å². The molecular weight excluding hydrogens is 1130 g/mol. The predicted molar refractivity (Wildman–Crippen MR) is 252 cm³/mol. The average molecular weight is 1190 g/mol. The van der Waals surface area contributed by atoms with Gasteiger partial charge in [0.1, 0.15) is 11.3 Å². The maximum absolute atomic E-state index is 10.8. The van der Waals surface area contributed by atoms with Gasteiger partial charge in [-0.25, -0.2) is 33.9 Å². The molecule has 3 aromatic rings. The number of carboxylic acids is 5. The molecule has 2 aromatic heterocycles. The van der Waals surface area contributed by atoms with Gasteiger partial charge in [-0.3, -0.25) is 4.90 Å². The number of nitrogens with two attached hydrogens (primary N) is 2. The molecule has 450 valence electrons. The van der Waals surface area contributed by atoms with Crippen molar-refractivity contribution < 1.29 is 120 Å². The molecule has 0 fully saturated rings. The molecule has 0 radical (unpaired) electrons. The highest BCUT2D eigenvalue weighted by atomic mass is 32.1. The zero-order valence-corrected chi connectivity index (χ0v) is 42.2. The molecule has 0 amide bonds. The Bertz CT molecular complexity index is 2160. The quantitative estimate of drug-likeness (QED) is 0.0357. The first-order chi connectivity index (χ1) is 35.4. The molecular formula is C41H59F15N10O11S. The fraction of sp³-hybridized carbons (Fsp3) is 0.610. The van der Waals surface area contributed by atoms with Crippen LogP contribution in [0, 0.1) is 0 Å². The number of hydrogen-bond acceptors (Lipinski definition) is 14. The fourth-order valence-corrected chi connectivity index (χ4v) is 5.30. The standard InChI is InChI=1S/C31H54N10OS.5C2HF3O2/c1-4-40(21-11-20-37-30(43)36-19-10-18-35-16-8-7-15-34-17-9-14-32)22-26-39-27-28(41(26)23-31(2,3)42)24-12-5-6-13-25(24)38-29(27)33;5*3-2(4,5)1(6)7/h5-6,12-13,34-35,42H,4,7-11,14-23,32H2,1-3H3,(H2,33,38)(H2,36,37,43);5*(H,6,7). The summed E-state index contributed by atoms with van der Waals surface area (Å²) in [6, 6.07) is 7.95. The number of hydrogen-bond donors (Lipinski definition) is 12. The van der Waals surface area contributed by atoms with Crippen LogP contribution in [0.5, 0.6) is 0 Å². The number of aromatic nitrogens is 3. The third-order valence-corrected chi connectivity index (χ3v) is 8.82. The van der Waals surface area contributed by atoms with Gasteiger partial charge in [0.25, 0.3) is 0 Å². The number of para-hydroxylation sites is 1. The highest BCUT2D eigenvalue weighted by Gasteiger charge is 2.40. The number of unbranched alkanes of at least 4 members (excludes halogenated alkanes) is 1. The Balaban J connectivity index is -0.00000128. The maximum Gasteiger partial charge on any atom is 0.490 e. The van der Waals surface area contributed by atoms with Crippen LogP contribution in [0.1, 0.15) is 58.7 Å². The number of fused-ring (bicyclic) bond motifs is 3. The fourth-order valence-electron chi connectivity index (χ4n) is 5.09. The minimum absolute atomic E-state index is 0.411. The molecule has 0 spiro atoms. The van der Waals surface area contributed by atoms with Crippen molar-refractivity contribution in [2.75, 3.05) is 64.6 Å². The normalized spacial score (nSPS) is 11.7. The largest absolute Gasteiger partial charge is 0.490 e. The molecule has 21 nitrogen and oxygen atoms in total. The summed E-state index contributed by atoms with van der Waals surface area (Å²) in [5.41, 5.74) is 13.4. The number of halogens is 15. The third kappa shape index (κ3) is 36.7. The molecule has 0 saturated carbocycles. The Morgan fingerprint density at radius 2 is 0.987 bits per heavy atom. The molecule has 0 aliphatic rings. The summed E-state index contributed by atoms with van der Waals surface area (Å²) in [7, 11) is 0. The van der Waals surface area contributed by atoms with E-state index < -0.39 is 66.3 Å². The molecule has 37 heteroatoms. The maximum atomic E-state index is 10.8. The number of pyridine rings is 1. The van der Waals surface area contributed by atoms with Gasteiger partial charge in [0.05, 0.1) is 29.7 Å². The molecule has 0 aliphatic carbocycles. The highest BCUT2D eigenvalue weighted by Crippen LogP contribution is 2.30. The van der Waals surface area contributed by atoms with E-state index in [4.69, 9.17) is 78.2 Å². The zero-order chi connectivity index (χ0) is 61.5. The van der Waals surface area contributed by atoms with Gasteiger partial charge in [0.15, 0.2) is 10.9 Å². The minimum atomic E-state index is -5.08. The van der Waals surface area contributed by atoms with Crippen LogP contribution in [-0.2, 0) is 37.1 Å². The summed E-state index contributed by atoms with van der Waals surface area (Å²) in [4.78, 5) is 56.4. The Hall–Kier alpha value is -6.31. The molecule has 0 unspecified atom stereocenters. The molecule has 2 heterocycles. The molecule has 3 rings (SSSR count). The van der Waals surface area contributed by atoms with Gasteiger partial charge in [0.2, 0.25) is 0 Å². The minimum Gasteiger partial charge on any atom is -0.475 e. The first kappa shape index (κ1) is 75.9. The van der Waals surface area contributed by atoms with Crippen molar-refractivity contribution in [2.45, 2.75) is 102 Å². The van der Waals surface area contributed by atoms with E-state index >= 15 is 0 Å². The van der Waals surface area contributed by atoms with Crippen molar-refractivity contribution in [1.82, 2.24) is 40.7 Å². The van der Waals surface area contributed by atoms with E-state index in [-0.39, 0.29) is 0 Å². The van der Waals surface area contributed by atoms with E-state index in [1.54, 1.807) is 0 Å².